The Morgan fingerprint density at radius 3 is 1.44 bits per heavy atom. The van der Waals surface area contributed by atoms with Crippen LogP contribution in [0.4, 0.5) is 10.3 Å². The maximum atomic E-state index is 15.2. The molecule has 332 valence electrons. The lowest BCUT2D eigenvalue weighted by Crippen LogP contribution is -2.52. The van der Waals surface area contributed by atoms with Crippen molar-refractivity contribution >= 4 is 121 Å². The number of esters is 2. The van der Waals surface area contributed by atoms with Gasteiger partial charge < -0.3 is 14.2 Å². The number of hydrogen-bond donors (Lipinski definition) is 0. The number of thiophene rings is 2. The van der Waals surface area contributed by atoms with Crippen molar-refractivity contribution in [3.05, 3.63) is 159 Å². The molecule has 0 atom stereocenters. The highest BCUT2D eigenvalue weighted by atomic mass is 32.1. The number of fused-ring (bicyclic) bond motifs is 9. The Morgan fingerprint density at radius 2 is 0.971 bits per heavy atom. The monoisotopic (exact) mass is 986 g/mol. The minimum absolute atomic E-state index is 0.0218. The Balaban J connectivity index is 1.10. The summed E-state index contributed by atoms with van der Waals surface area (Å²) in [4.78, 5) is 78.3. The fraction of sp³-hybridized carbons (Fsp3) is 0.0588. The molecule has 0 unspecified atom stereocenters. The summed E-state index contributed by atoms with van der Waals surface area (Å²) in [6.45, 7) is -0.515. The molecule has 0 spiro atoms. The lowest BCUT2D eigenvalue weighted by atomic mass is 9.91. The van der Waals surface area contributed by atoms with Crippen LogP contribution in [-0.2, 0) is 37.9 Å². The number of allylic oxidation sites excluding steroid dienone is 4. The van der Waals surface area contributed by atoms with Crippen molar-refractivity contribution in [1.82, 2.24) is 9.97 Å². The summed E-state index contributed by atoms with van der Waals surface area (Å²) in [6.07, 6.45) is 0. The number of thiazole rings is 2. The number of aromatic nitrogens is 2. The molecule has 19 heteroatoms. The summed E-state index contributed by atoms with van der Waals surface area (Å²) in [5.74, 6) is -3.18. The number of hydrogen-bond acceptors (Lipinski definition) is 19. The van der Waals surface area contributed by atoms with Gasteiger partial charge in [0.05, 0.1) is 20.0 Å². The first kappa shape index (κ1) is 43.5. The van der Waals surface area contributed by atoms with E-state index in [1.54, 1.807) is 109 Å². The van der Waals surface area contributed by atoms with E-state index in [-0.39, 0.29) is 84.3 Å². The van der Waals surface area contributed by atoms with Gasteiger partial charge in [-0.3, -0.25) is 9.59 Å². The highest BCUT2D eigenvalue weighted by Crippen LogP contribution is 2.61. The number of benzene rings is 4. The smallest absolute Gasteiger partial charge is 0.367 e. The number of carbonyl (C=O) groups excluding carboxylic acids is 4. The molecule has 1 aliphatic heterocycles. The van der Waals surface area contributed by atoms with Crippen LogP contribution in [0, 0.1) is 45.3 Å². The fourth-order valence-corrected chi connectivity index (χ4v) is 13.0. The zero-order valence-corrected chi connectivity index (χ0v) is 38.6. The fourth-order valence-electron chi connectivity index (χ4n) is 8.29. The van der Waals surface area contributed by atoms with Crippen LogP contribution in [0.2, 0.25) is 0 Å². The van der Waals surface area contributed by atoms with Crippen molar-refractivity contribution in [2.45, 2.75) is 18.8 Å². The minimum atomic E-state index is -2.65. The number of nitrogens with zero attached hydrogens (tertiary/aromatic N) is 8. The summed E-state index contributed by atoms with van der Waals surface area (Å²) < 4.78 is 19.5. The number of aliphatic imine (C=N–C) groups is 2. The number of ether oxygens (including phenoxy) is 3. The number of rotatable bonds is 8. The third kappa shape index (κ3) is 6.85. The number of nitriles is 4. The number of ketones is 2. The standard InChI is InChI=1S/C51H22N8O7S4/c52-19-27(20-53)33-29-15-7-9-17-31(29)38(60)36(33)56-49-58-45-42(69-49)35-41(67-45)43-40(66-51(35,47(62)64-23-25-11-3-1-4-12-25)48(63)65-24-26-13-5-2-6-14-26)44-46(68-43)59-50(70-44)57-37-34(28(21-54)22-55)30-16-8-10-18-32(30)39(37)61/h1-18H,23-24H2. The second-order valence-corrected chi connectivity index (χ2v) is 19.3. The number of carbonyl (C=O) groups is 4. The second-order valence-electron chi connectivity index (χ2n) is 15.4. The predicted molar refractivity (Wildman–Crippen MR) is 261 cm³/mol. The van der Waals surface area contributed by atoms with Crippen LogP contribution in [0.15, 0.2) is 130 Å². The van der Waals surface area contributed by atoms with Gasteiger partial charge in [-0.1, -0.05) is 132 Å². The summed E-state index contributed by atoms with van der Waals surface area (Å²) in [5.41, 5.74) is -0.889. The molecular formula is C51H22N8O7S4. The van der Waals surface area contributed by atoms with Gasteiger partial charge in [0.1, 0.15) is 74.4 Å². The zero-order chi connectivity index (χ0) is 48.3. The van der Waals surface area contributed by atoms with E-state index < -0.39 is 29.1 Å². The molecule has 4 aromatic heterocycles. The van der Waals surface area contributed by atoms with Crippen LogP contribution in [0.25, 0.3) is 40.0 Å². The maximum absolute atomic E-state index is 15.2. The number of Topliss-reactive ketones (excluding diaryl/α,β-unsaturated/α-hetero) is 2. The summed E-state index contributed by atoms with van der Waals surface area (Å²) >= 11 is 4.24. The van der Waals surface area contributed by atoms with Crippen molar-refractivity contribution in [1.29, 1.82) is 21.0 Å². The van der Waals surface area contributed by atoms with E-state index in [4.69, 9.17) is 24.2 Å². The van der Waals surface area contributed by atoms with Gasteiger partial charge in [-0.05, 0) is 22.3 Å². The van der Waals surface area contributed by atoms with E-state index in [0.717, 1.165) is 34.0 Å². The second kappa shape index (κ2) is 17.2. The first-order valence-corrected chi connectivity index (χ1v) is 24.0. The summed E-state index contributed by atoms with van der Waals surface area (Å²) in [6, 6.07) is 38.3. The third-order valence-electron chi connectivity index (χ3n) is 11.4. The molecule has 11 rings (SSSR count). The van der Waals surface area contributed by atoms with Gasteiger partial charge in [-0.2, -0.15) is 21.0 Å². The molecule has 0 saturated carbocycles. The summed E-state index contributed by atoms with van der Waals surface area (Å²) in [5, 5.41) is 39.7. The third-order valence-corrected chi connectivity index (χ3v) is 15.9. The van der Waals surface area contributed by atoms with Crippen molar-refractivity contribution in [2.75, 3.05) is 0 Å². The van der Waals surface area contributed by atoms with Crippen molar-refractivity contribution in [3.63, 3.8) is 0 Å². The van der Waals surface area contributed by atoms with Gasteiger partial charge >= 0.3 is 17.5 Å². The highest BCUT2D eigenvalue weighted by Gasteiger charge is 2.60. The van der Waals surface area contributed by atoms with Gasteiger partial charge in [0, 0.05) is 22.3 Å². The molecule has 0 fully saturated rings. The van der Waals surface area contributed by atoms with Gasteiger partial charge in [-0.25, -0.2) is 29.5 Å². The van der Waals surface area contributed by atoms with Gasteiger partial charge in [-0.15, -0.1) is 22.7 Å². The van der Waals surface area contributed by atoms with Gasteiger partial charge in [0.15, 0.2) is 5.75 Å². The highest BCUT2D eigenvalue weighted by molar-refractivity contribution is 7.35. The van der Waals surface area contributed by atoms with Crippen LogP contribution >= 0.6 is 45.3 Å². The molecule has 0 N–H and O–H groups in total. The van der Waals surface area contributed by atoms with E-state index >= 15 is 9.59 Å². The SMILES string of the molecule is N#CC(C#N)=C1C(=Nc2nc3sc4c(c3s2)OC(C(=O)OCc2ccccc2)(C(=O)OCc2ccccc2)c2c-4sc3nc(N=C4C(=O)c5ccccc5C4=C(C#N)C#N)sc23)C(=O)c2ccccc21. The van der Waals surface area contributed by atoms with Crippen LogP contribution in [0.3, 0.4) is 0 Å². The molecule has 2 aliphatic carbocycles. The minimum Gasteiger partial charge on any atom is -0.457 e. The van der Waals surface area contributed by atoms with Crippen molar-refractivity contribution < 1.29 is 33.4 Å². The molecule has 3 aliphatic rings. The van der Waals surface area contributed by atoms with E-state index in [9.17, 15) is 30.6 Å². The van der Waals surface area contributed by atoms with E-state index in [0.29, 0.717) is 46.4 Å². The topological polar surface area (TPSA) is 242 Å². The maximum Gasteiger partial charge on any atom is 0.367 e. The molecular weight excluding hydrogens is 965 g/mol. The average Bonchev–Trinajstić information content (AvgIpc) is 4.24. The van der Waals surface area contributed by atoms with E-state index in [1.165, 1.54) is 11.3 Å². The molecule has 0 amide bonds. The quantitative estimate of drug-likeness (QED) is 0.0782. The Kier molecular flexibility index (Phi) is 10.7. The van der Waals surface area contributed by atoms with Gasteiger partial charge in [0.25, 0.3) is 0 Å². The van der Waals surface area contributed by atoms with E-state index in [2.05, 4.69) is 9.98 Å². The average molecular weight is 987 g/mol. The largest absolute Gasteiger partial charge is 0.457 e. The zero-order valence-electron chi connectivity index (χ0n) is 35.4. The predicted octanol–water partition coefficient (Wildman–Crippen LogP) is 10.3. The van der Waals surface area contributed by atoms with Crippen LogP contribution in [-0.4, -0.2) is 44.9 Å². The lowest BCUT2D eigenvalue weighted by molar-refractivity contribution is -0.183. The first-order chi connectivity index (χ1) is 34.2. The molecule has 15 nitrogen and oxygen atoms in total. The molecule has 0 saturated heterocycles. The Hall–Kier alpha value is -9.08. The van der Waals surface area contributed by atoms with Gasteiger partial charge in [0.2, 0.25) is 21.8 Å². The summed E-state index contributed by atoms with van der Waals surface area (Å²) in [7, 11) is 0. The molecule has 0 radical (unpaired) electrons. The van der Waals surface area contributed by atoms with Crippen molar-refractivity contribution in [2.24, 2.45) is 9.98 Å². The Labute approximate surface area is 410 Å². The molecule has 8 aromatic rings. The molecule has 0 bridgehead atoms. The Morgan fingerprint density at radius 1 is 0.557 bits per heavy atom. The lowest BCUT2D eigenvalue weighted by Gasteiger charge is -2.33. The van der Waals surface area contributed by atoms with Crippen LogP contribution in [0.1, 0.15) is 48.5 Å². The van der Waals surface area contributed by atoms with Crippen LogP contribution in [0.5, 0.6) is 5.75 Å². The van der Waals surface area contributed by atoms with Crippen LogP contribution < -0.4 is 4.74 Å². The molecule has 5 heterocycles. The molecule has 70 heavy (non-hydrogen) atoms. The Bertz CT molecular complexity index is 3870. The normalized spacial score (nSPS) is 15.0. The first-order valence-electron chi connectivity index (χ1n) is 20.7. The molecule has 4 aromatic carbocycles. The van der Waals surface area contributed by atoms with Crippen molar-refractivity contribution in [3.8, 4) is 39.8 Å². The van der Waals surface area contributed by atoms with E-state index in [1.807, 2.05) is 24.3 Å².